The molecule has 4 aromatic rings. The number of esters is 3. The van der Waals surface area contributed by atoms with Gasteiger partial charge in [-0.1, -0.05) is 91.0 Å². The van der Waals surface area contributed by atoms with Crippen molar-refractivity contribution in [2.45, 2.75) is 212 Å². The first kappa shape index (κ1) is 54.1. The van der Waals surface area contributed by atoms with Crippen molar-refractivity contribution in [3.8, 4) is 0 Å². The molecule has 7 rings (SSSR count). The lowest BCUT2D eigenvalue weighted by Crippen LogP contribution is -2.62. The van der Waals surface area contributed by atoms with Gasteiger partial charge in [0.25, 0.3) is 0 Å². The zero-order chi connectivity index (χ0) is 52.6. The van der Waals surface area contributed by atoms with E-state index in [-0.39, 0.29) is 0 Å². The molecule has 3 aliphatic heterocycles. The second kappa shape index (κ2) is 20.7. The van der Waals surface area contributed by atoms with Crippen LogP contribution in [0.1, 0.15) is 138 Å². The van der Waals surface area contributed by atoms with E-state index in [1.807, 2.05) is 54.6 Å². The van der Waals surface area contributed by atoms with Crippen LogP contribution in [0.2, 0.25) is 0 Å². The van der Waals surface area contributed by atoms with Gasteiger partial charge in [-0.25, -0.2) is 28.1 Å². The molecule has 72 heavy (non-hydrogen) atoms. The quantitative estimate of drug-likeness (QED) is 0.0858. The Morgan fingerprint density at radius 1 is 0.375 bits per heavy atom. The number of hydrogen-bond donors (Lipinski definition) is 0. The highest BCUT2D eigenvalue weighted by molar-refractivity contribution is 5.71. The van der Waals surface area contributed by atoms with Crippen molar-refractivity contribution in [2.75, 3.05) is 0 Å². The first-order valence-electron chi connectivity index (χ1n) is 25.5. The minimum Gasteiger partial charge on any atom is -0.461 e. The van der Waals surface area contributed by atoms with Crippen LogP contribution in [-0.2, 0) is 67.9 Å². The number of ether oxygens (including phenoxy) is 3. The lowest BCUT2D eigenvalue weighted by molar-refractivity contribution is -0.162. The van der Waals surface area contributed by atoms with Crippen LogP contribution < -0.4 is 17.1 Å². The van der Waals surface area contributed by atoms with E-state index in [2.05, 4.69) is 134 Å². The van der Waals surface area contributed by atoms with Crippen LogP contribution in [0.5, 0.6) is 0 Å². The Labute approximate surface area is 425 Å². The zero-order valence-electron chi connectivity index (χ0n) is 44.7. The third-order valence-electron chi connectivity index (χ3n) is 15.4. The van der Waals surface area contributed by atoms with Crippen LogP contribution in [0.4, 0.5) is 0 Å². The maximum Gasteiger partial charge on any atom is 0.337 e. The molecule has 3 saturated heterocycles. The molecule has 0 saturated carbocycles. The first-order chi connectivity index (χ1) is 33.6. The van der Waals surface area contributed by atoms with Crippen molar-refractivity contribution < 1.29 is 28.6 Å². The molecule has 390 valence electrons. The van der Waals surface area contributed by atoms with Gasteiger partial charge in [0, 0.05) is 91.4 Å². The van der Waals surface area contributed by atoms with E-state index in [1.165, 1.54) is 0 Å². The Bertz CT molecular complexity index is 2380. The molecular formula is C57H78N6O9. The molecule has 15 heteroatoms. The van der Waals surface area contributed by atoms with Gasteiger partial charge in [0.05, 0.1) is 0 Å². The number of aromatic nitrogens is 3. The number of likely N-dealkylation sites (tertiary alicyclic amines) is 3. The van der Waals surface area contributed by atoms with Gasteiger partial charge in [0.1, 0.15) is 37.9 Å². The van der Waals surface area contributed by atoms with E-state index in [4.69, 9.17) is 14.2 Å². The van der Waals surface area contributed by atoms with Gasteiger partial charge in [-0.05, 0) is 99.8 Å². The third kappa shape index (κ3) is 12.4. The lowest BCUT2D eigenvalue weighted by Gasteiger charge is -2.55. The highest BCUT2D eigenvalue weighted by Crippen LogP contribution is 2.43. The molecule has 3 fully saturated rings. The van der Waals surface area contributed by atoms with Crippen molar-refractivity contribution in [1.82, 2.24) is 28.4 Å². The molecule has 0 N–H and O–H groups in total. The van der Waals surface area contributed by atoms with Crippen molar-refractivity contribution in [1.29, 1.82) is 0 Å². The number of benzene rings is 3. The van der Waals surface area contributed by atoms with Crippen LogP contribution in [0.3, 0.4) is 0 Å². The summed E-state index contributed by atoms with van der Waals surface area (Å²) >= 11 is 0. The van der Waals surface area contributed by atoms with Gasteiger partial charge in [-0.2, -0.15) is 0 Å². The molecule has 0 aliphatic carbocycles. The lowest BCUT2D eigenvalue weighted by atomic mass is 9.77. The summed E-state index contributed by atoms with van der Waals surface area (Å²) in [6.07, 6.45) is 1.15. The van der Waals surface area contributed by atoms with Gasteiger partial charge < -0.3 is 14.2 Å². The Kier molecular flexibility index (Phi) is 15.6. The largest absolute Gasteiger partial charge is 0.461 e. The maximum atomic E-state index is 14.3. The molecule has 4 heterocycles. The monoisotopic (exact) mass is 991 g/mol. The fourth-order valence-electron chi connectivity index (χ4n) is 12.7. The second-order valence-corrected chi connectivity index (χ2v) is 24.3. The topological polar surface area (TPSA) is 155 Å². The number of piperidine rings is 3. The van der Waals surface area contributed by atoms with E-state index < -0.39 is 106 Å². The number of nitrogens with zero attached hydrogens (tertiary/aromatic N) is 6. The molecule has 0 amide bonds. The minimum atomic E-state index is -1.20. The Hall–Kier alpha value is -5.64. The molecule has 0 radical (unpaired) electrons. The minimum absolute atomic E-state index is 0.411. The molecule has 0 atom stereocenters. The normalized spacial score (nSPS) is 21.2. The number of rotatable bonds is 15. The highest BCUT2D eigenvalue weighted by atomic mass is 16.6. The van der Waals surface area contributed by atoms with Gasteiger partial charge >= 0.3 is 35.0 Å². The molecule has 3 aromatic carbocycles. The van der Waals surface area contributed by atoms with Crippen molar-refractivity contribution in [3.05, 3.63) is 139 Å². The zero-order valence-corrected chi connectivity index (χ0v) is 44.7. The third-order valence-corrected chi connectivity index (χ3v) is 15.4. The van der Waals surface area contributed by atoms with Crippen LogP contribution in [-0.4, -0.2) is 97.9 Å². The summed E-state index contributed by atoms with van der Waals surface area (Å²) in [5.74, 6) is -2.62. The predicted molar refractivity (Wildman–Crippen MR) is 277 cm³/mol. The Morgan fingerprint density at radius 2 is 0.569 bits per heavy atom. The fourth-order valence-corrected chi connectivity index (χ4v) is 12.7. The smallest absolute Gasteiger partial charge is 0.337 e. The number of carbonyl (C=O) groups excluding carboxylic acids is 3. The summed E-state index contributed by atoms with van der Waals surface area (Å²) in [7, 11) is 0. The van der Waals surface area contributed by atoms with Crippen molar-refractivity contribution in [2.24, 2.45) is 0 Å². The molecule has 15 nitrogen and oxygen atoms in total. The molecule has 0 bridgehead atoms. The first-order valence-corrected chi connectivity index (χ1v) is 25.5. The summed E-state index contributed by atoms with van der Waals surface area (Å²) in [6, 6.07) is 30.5. The standard InChI is InChI=1S/C57H78N6O9/c1-52(2)28-43(29-53(3,4)61(52)34-40-22-16-13-17-23-40)70-46(64)37-58-49(67)59(38-47(65)71-44-30-54(5,6)62(55(7,8)31-44)35-41-24-18-14-19-25-41)51(69)60(50(58)68)39-48(66)72-45-32-56(9,10)63(57(11,12)33-45)36-42-26-20-15-21-27-42/h13-27,43-45H,28-39H2,1-12H3. The summed E-state index contributed by atoms with van der Waals surface area (Å²) in [5, 5.41) is 0. The van der Waals surface area contributed by atoms with E-state index in [1.54, 1.807) is 0 Å². The summed E-state index contributed by atoms with van der Waals surface area (Å²) in [4.78, 5) is 92.1. The average molecular weight is 991 g/mol. The molecule has 3 aliphatic rings. The molecular weight excluding hydrogens is 913 g/mol. The Balaban J connectivity index is 1.12. The molecule has 1 aromatic heterocycles. The summed E-state index contributed by atoms with van der Waals surface area (Å²) in [5.41, 5.74) is -2.60. The van der Waals surface area contributed by atoms with Crippen molar-refractivity contribution in [3.63, 3.8) is 0 Å². The van der Waals surface area contributed by atoms with E-state index >= 15 is 0 Å². The SMILES string of the molecule is CC1(C)CC(OC(=O)Cn2c(=O)n(CC(=O)OC3CC(C)(C)N(Cc4ccccc4)C(C)(C)C3)c(=O)n(CC(=O)OC3CC(C)(C)N(Cc4ccccc4)C(C)(C)C3)c2=O)CC(C)(C)N1Cc1ccccc1. The van der Waals surface area contributed by atoms with E-state index in [9.17, 15) is 28.8 Å². The number of carbonyl (C=O) groups is 3. The van der Waals surface area contributed by atoms with Crippen LogP contribution in [0.15, 0.2) is 105 Å². The van der Waals surface area contributed by atoms with Gasteiger partial charge in [-0.3, -0.25) is 29.1 Å². The fraction of sp³-hybridized carbons (Fsp3) is 0.579. The van der Waals surface area contributed by atoms with Gasteiger partial charge in [0.15, 0.2) is 0 Å². The summed E-state index contributed by atoms with van der Waals surface area (Å²) in [6.45, 7) is 24.7. The van der Waals surface area contributed by atoms with E-state index in [0.717, 1.165) is 16.7 Å². The van der Waals surface area contributed by atoms with Crippen LogP contribution >= 0.6 is 0 Å². The predicted octanol–water partition coefficient (Wildman–Crippen LogP) is 7.47. The molecule has 0 unspecified atom stereocenters. The summed E-state index contributed by atoms with van der Waals surface area (Å²) < 4.78 is 19.9. The molecule has 0 spiro atoms. The van der Waals surface area contributed by atoms with Gasteiger partial charge in [0.2, 0.25) is 0 Å². The van der Waals surface area contributed by atoms with Crippen LogP contribution in [0.25, 0.3) is 0 Å². The highest BCUT2D eigenvalue weighted by Gasteiger charge is 2.49. The maximum absolute atomic E-state index is 14.3. The van der Waals surface area contributed by atoms with Gasteiger partial charge in [-0.15, -0.1) is 0 Å². The van der Waals surface area contributed by atoms with Crippen molar-refractivity contribution >= 4 is 17.9 Å². The van der Waals surface area contributed by atoms with Crippen LogP contribution in [0, 0.1) is 0 Å². The number of hydrogen-bond acceptors (Lipinski definition) is 12. The van der Waals surface area contributed by atoms with E-state index in [0.29, 0.717) is 71.9 Å². The average Bonchev–Trinajstić information content (AvgIpc) is 3.27. The Morgan fingerprint density at radius 3 is 0.764 bits per heavy atom. The second-order valence-electron chi connectivity index (χ2n) is 24.3.